The molecule has 4 rings (SSSR count). The standard InChI is InChI=1S/C21H17F3N4O5/c22-21(23,24)20(32,14-7-2-1-3-8-14)16(30)18-26-17(27-33-18)13-6-4-5-12(9-13)11-28-15(29)10-25-19(28)31/h1-9,16,30,32H,10-11H2,(H,25,31). The highest BCUT2D eigenvalue weighted by molar-refractivity contribution is 6.01. The van der Waals surface area contributed by atoms with Gasteiger partial charge < -0.3 is 20.1 Å². The summed E-state index contributed by atoms with van der Waals surface area (Å²) in [7, 11) is 0. The molecule has 33 heavy (non-hydrogen) atoms. The summed E-state index contributed by atoms with van der Waals surface area (Å²) in [6.45, 7) is -0.137. The lowest BCUT2D eigenvalue weighted by Crippen LogP contribution is -2.47. The molecule has 0 bridgehead atoms. The highest BCUT2D eigenvalue weighted by atomic mass is 19.4. The quantitative estimate of drug-likeness (QED) is 0.480. The Hall–Kier alpha value is -3.77. The molecule has 1 aliphatic rings. The van der Waals surface area contributed by atoms with E-state index in [1.165, 1.54) is 30.3 Å². The number of urea groups is 1. The second kappa shape index (κ2) is 8.30. The number of carbonyl (C=O) groups is 2. The van der Waals surface area contributed by atoms with Gasteiger partial charge in [0.1, 0.15) is 0 Å². The van der Waals surface area contributed by atoms with Crippen LogP contribution >= 0.6 is 0 Å². The molecule has 0 aliphatic carbocycles. The minimum absolute atomic E-state index is 0.0341. The number of aliphatic hydroxyl groups is 2. The zero-order valence-corrected chi connectivity index (χ0v) is 16.8. The number of benzene rings is 2. The van der Waals surface area contributed by atoms with E-state index < -0.39 is 41.3 Å². The number of aliphatic hydroxyl groups excluding tert-OH is 1. The Bertz CT molecular complexity index is 1170. The number of imide groups is 1. The molecule has 1 saturated heterocycles. The van der Waals surface area contributed by atoms with E-state index in [0.29, 0.717) is 11.1 Å². The Labute approximate surface area is 184 Å². The van der Waals surface area contributed by atoms with Crippen LogP contribution in [0.15, 0.2) is 59.1 Å². The number of halogens is 3. The van der Waals surface area contributed by atoms with Crippen molar-refractivity contribution in [1.82, 2.24) is 20.4 Å². The topological polar surface area (TPSA) is 129 Å². The van der Waals surface area contributed by atoms with Crippen LogP contribution in [0.1, 0.15) is 23.1 Å². The first-order valence-electron chi connectivity index (χ1n) is 9.65. The van der Waals surface area contributed by atoms with E-state index in [2.05, 4.69) is 15.5 Å². The number of alkyl halides is 3. The molecule has 2 heterocycles. The van der Waals surface area contributed by atoms with Gasteiger partial charge in [0.15, 0.2) is 6.10 Å². The van der Waals surface area contributed by atoms with Crippen molar-refractivity contribution in [1.29, 1.82) is 0 Å². The van der Waals surface area contributed by atoms with Crippen LogP contribution in [0.5, 0.6) is 0 Å². The maximum Gasteiger partial charge on any atom is 0.424 e. The van der Waals surface area contributed by atoms with Crippen LogP contribution in [0.2, 0.25) is 0 Å². The summed E-state index contributed by atoms with van der Waals surface area (Å²) in [5.41, 5.74) is -3.46. The molecule has 0 saturated carbocycles. The van der Waals surface area contributed by atoms with Crippen LogP contribution in [0.25, 0.3) is 11.4 Å². The normalized spacial score (nSPS) is 17.1. The van der Waals surface area contributed by atoms with Gasteiger partial charge in [-0.2, -0.15) is 18.2 Å². The summed E-state index contributed by atoms with van der Waals surface area (Å²) >= 11 is 0. The molecule has 3 aromatic rings. The Morgan fingerprint density at radius 3 is 2.48 bits per heavy atom. The molecule has 2 aromatic carbocycles. The van der Waals surface area contributed by atoms with Crippen molar-refractivity contribution in [2.75, 3.05) is 6.54 Å². The third-order valence-corrected chi connectivity index (χ3v) is 5.18. The van der Waals surface area contributed by atoms with Crippen molar-refractivity contribution >= 4 is 11.9 Å². The number of nitrogens with one attached hydrogen (secondary N) is 1. The molecule has 172 valence electrons. The number of nitrogens with zero attached hydrogens (tertiary/aromatic N) is 3. The van der Waals surface area contributed by atoms with Crippen LogP contribution < -0.4 is 5.32 Å². The second-order valence-electron chi connectivity index (χ2n) is 7.33. The maximum absolute atomic E-state index is 13.8. The van der Waals surface area contributed by atoms with Gasteiger partial charge >= 0.3 is 12.2 Å². The molecule has 1 aliphatic heterocycles. The lowest BCUT2D eigenvalue weighted by Gasteiger charge is -2.33. The minimum atomic E-state index is -5.26. The molecule has 3 N–H and O–H groups in total. The van der Waals surface area contributed by atoms with Crippen LogP contribution in [0, 0.1) is 0 Å². The highest BCUT2D eigenvalue weighted by Gasteiger charge is 2.61. The first kappa shape index (κ1) is 22.4. The van der Waals surface area contributed by atoms with Crippen molar-refractivity contribution in [2.45, 2.75) is 24.4 Å². The summed E-state index contributed by atoms with van der Waals surface area (Å²) in [6, 6.07) is 11.8. The highest BCUT2D eigenvalue weighted by Crippen LogP contribution is 2.47. The number of amides is 3. The SMILES string of the molecule is O=C1CNC(=O)N1Cc1cccc(-c2noc(C(O)C(O)(c3ccccc3)C(F)(F)F)n2)c1. The summed E-state index contributed by atoms with van der Waals surface area (Å²) < 4.78 is 46.3. The summed E-state index contributed by atoms with van der Waals surface area (Å²) in [4.78, 5) is 28.3. The van der Waals surface area contributed by atoms with Crippen molar-refractivity contribution in [3.8, 4) is 11.4 Å². The summed E-state index contributed by atoms with van der Waals surface area (Å²) in [5.74, 6) is -1.39. The first-order valence-corrected chi connectivity index (χ1v) is 9.65. The molecule has 0 spiro atoms. The fraction of sp³-hybridized carbons (Fsp3) is 0.238. The second-order valence-corrected chi connectivity index (χ2v) is 7.33. The van der Waals surface area contributed by atoms with E-state index in [1.54, 1.807) is 12.1 Å². The number of aromatic nitrogens is 2. The average molecular weight is 462 g/mol. The van der Waals surface area contributed by atoms with Crippen LogP contribution in [-0.2, 0) is 16.9 Å². The molecule has 3 amide bonds. The van der Waals surface area contributed by atoms with Gasteiger partial charge in [-0.25, -0.2) is 4.79 Å². The predicted octanol–water partition coefficient (Wildman–Crippen LogP) is 2.27. The van der Waals surface area contributed by atoms with Crippen LogP contribution in [-0.4, -0.2) is 49.9 Å². The van der Waals surface area contributed by atoms with Gasteiger partial charge in [-0.05, 0) is 17.2 Å². The van der Waals surface area contributed by atoms with E-state index in [-0.39, 0.29) is 18.9 Å². The Morgan fingerprint density at radius 1 is 1.12 bits per heavy atom. The monoisotopic (exact) mass is 462 g/mol. The van der Waals surface area contributed by atoms with Crippen molar-refractivity contribution in [2.24, 2.45) is 0 Å². The van der Waals surface area contributed by atoms with Crippen LogP contribution in [0.4, 0.5) is 18.0 Å². The van der Waals surface area contributed by atoms with Crippen molar-refractivity contribution in [3.63, 3.8) is 0 Å². The molecular formula is C21H17F3N4O5. The third kappa shape index (κ3) is 4.05. The molecule has 1 fully saturated rings. The average Bonchev–Trinajstić information content (AvgIpc) is 3.41. The van der Waals surface area contributed by atoms with E-state index in [1.807, 2.05) is 0 Å². The van der Waals surface area contributed by atoms with Gasteiger partial charge in [0, 0.05) is 5.56 Å². The fourth-order valence-electron chi connectivity index (χ4n) is 3.42. The zero-order chi connectivity index (χ0) is 23.8. The molecule has 12 heteroatoms. The van der Waals surface area contributed by atoms with Gasteiger partial charge in [-0.1, -0.05) is 53.7 Å². The minimum Gasteiger partial charge on any atom is -0.380 e. The molecule has 0 radical (unpaired) electrons. The summed E-state index contributed by atoms with van der Waals surface area (Å²) in [6.07, 6.45) is -7.86. The summed E-state index contributed by atoms with van der Waals surface area (Å²) in [5, 5.41) is 26.9. The van der Waals surface area contributed by atoms with E-state index in [4.69, 9.17) is 4.52 Å². The van der Waals surface area contributed by atoms with Crippen LogP contribution in [0.3, 0.4) is 0 Å². The van der Waals surface area contributed by atoms with Crippen molar-refractivity contribution in [3.05, 3.63) is 71.6 Å². The molecular weight excluding hydrogens is 445 g/mol. The molecule has 2 unspecified atom stereocenters. The maximum atomic E-state index is 13.8. The Kier molecular flexibility index (Phi) is 5.64. The lowest BCUT2D eigenvalue weighted by atomic mass is 9.87. The number of rotatable bonds is 6. The van der Waals surface area contributed by atoms with Gasteiger partial charge in [0.25, 0.3) is 5.89 Å². The van der Waals surface area contributed by atoms with Gasteiger partial charge in [-0.3, -0.25) is 9.69 Å². The van der Waals surface area contributed by atoms with Gasteiger partial charge in [0.05, 0.1) is 13.1 Å². The van der Waals surface area contributed by atoms with E-state index in [0.717, 1.165) is 17.0 Å². The number of hydrogen-bond acceptors (Lipinski definition) is 7. The molecule has 9 nitrogen and oxygen atoms in total. The van der Waals surface area contributed by atoms with E-state index >= 15 is 0 Å². The zero-order valence-electron chi connectivity index (χ0n) is 16.8. The van der Waals surface area contributed by atoms with Crippen molar-refractivity contribution < 1.29 is 37.5 Å². The number of hydrogen-bond donors (Lipinski definition) is 3. The largest absolute Gasteiger partial charge is 0.424 e. The third-order valence-electron chi connectivity index (χ3n) is 5.18. The first-order chi connectivity index (χ1) is 15.6. The predicted molar refractivity (Wildman–Crippen MR) is 105 cm³/mol. The lowest BCUT2D eigenvalue weighted by molar-refractivity contribution is -0.303. The van der Waals surface area contributed by atoms with Gasteiger partial charge in [0.2, 0.25) is 17.3 Å². The van der Waals surface area contributed by atoms with E-state index in [9.17, 15) is 33.0 Å². The van der Waals surface area contributed by atoms with Gasteiger partial charge in [-0.15, -0.1) is 0 Å². The Morgan fingerprint density at radius 2 is 1.85 bits per heavy atom. The number of carbonyl (C=O) groups excluding carboxylic acids is 2. The fourth-order valence-corrected chi connectivity index (χ4v) is 3.42. The Balaban J connectivity index is 1.62. The smallest absolute Gasteiger partial charge is 0.380 e. The molecule has 1 aromatic heterocycles. The molecule has 2 atom stereocenters.